The molecule has 1 aromatic heterocycles. The lowest BCUT2D eigenvalue weighted by atomic mass is 9.88. The van der Waals surface area contributed by atoms with Gasteiger partial charge in [0.1, 0.15) is 11.0 Å². The first-order valence-electron chi connectivity index (χ1n) is 13.3. The summed E-state index contributed by atoms with van der Waals surface area (Å²) < 4.78 is 5.36. The van der Waals surface area contributed by atoms with Crippen LogP contribution in [-0.2, 0) is 14.3 Å². The Kier molecular flexibility index (Phi) is 10.5. The molecule has 1 saturated carbocycles. The van der Waals surface area contributed by atoms with E-state index >= 15 is 0 Å². The minimum absolute atomic E-state index is 0.0319. The van der Waals surface area contributed by atoms with Crippen LogP contribution < -0.4 is 10.2 Å². The van der Waals surface area contributed by atoms with Gasteiger partial charge >= 0.3 is 0 Å². The number of ether oxygens (including phenoxy) is 1. The maximum atomic E-state index is 13.1. The first-order valence-corrected chi connectivity index (χ1v) is 14.7. The standard InChI is InChI=1S/C25H39ClN6O3S/c1-19-17-31(10-11-32(19)24(34)20-6-3-2-4-7-20)22-16-21(26)28-25(29-22)36-18-23(33)27-8-5-9-30-12-14-35-15-13-30/h16,19-20H,2-15,17-18H2,1H3,(H,27,33). The SMILES string of the molecule is CC1CN(c2cc(Cl)nc(SCC(=O)NCCCN3CCOCC3)n2)CCN1C(=O)C1CCCCC1. The van der Waals surface area contributed by atoms with Crippen LogP contribution in [0.4, 0.5) is 5.82 Å². The summed E-state index contributed by atoms with van der Waals surface area (Å²) in [5.74, 6) is 1.47. The van der Waals surface area contributed by atoms with Gasteiger partial charge in [-0.15, -0.1) is 0 Å². The highest BCUT2D eigenvalue weighted by Gasteiger charge is 2.33. The quantitative estimate of drug-likeness (QED) is 0.222. The van der Waals surface area contributed by atoms with E-state index in [0.717, 1.165) is 70.8 Å². The Hall–Kier alpha value is -1.62. The summed E-state index contributed by atoms with van der Waals surface area (Å²) >= 11 is 7.60. The van der Waals surface area contributed by atoms with Gasteiger partial charge < -0.3 is 19.9 Å². The van der Waals surface area contributed by atoms with Crippen LogP contribution >= 0.6 is 23.4 Å². The molecule has 0 spiro atoms. The number of thioether (sulfide) groups is 1. The lowest BCUT2D eigenvalue weighted by Crippen LogP contribution is -2.55. The van der Waals surface area contributed by atoms with Gasteiger partial charge in [0, 0.05) is 57.3 Å². The Morgan fingerprint density at radius 2 is 1.92 bits per heavy atom. The summed E-state index contributed by atoms with van der Waals surface area (Å²) in [5, 5.41) is 3.84. The molecule has 36 heavy (non-hydrogen) atoms. The zero-order valence-electron chi connectivity index (χ0n) is 21.3. The first kappa shape index (κ1) is 27.4. The number of piperazine rings is 1. The number of morpholine rings is 1. The third kappa shape index (κ3) is 7.94. The summed E-state index contributed by atoms with van der Waals surface area (Å²) in [6, 6.07) is 1.88. The zero-order chi connectivity index (χ0) is 25.3. The molecule has 4 rings (SSSR count). The highest BCUT2D eigenvalue weighted by Crippen LogP contribution is 2.28. The number of amides is 2. The van der Waals surface area contributed by atoms with Crippen LogP contribution in [0.15, 0.2) is 11.2 Å². The lowest BCUT2D eigenvalue weighted by molar-refractivity contribution is -0.139. The number of carbonyl (C=O) groups excluding carboxylic acids is 2. The Bertz CT molecular complexity index is 881. The molecule has 2 amide bonds. The molecule has 3 heterocycles. The fraction of sp³-hybridized carbons (Fsp3) is 0.760. The average molecular weight is 539 g/mol. The molecule has 1 atom stereocenters. The van der Waals surface area contributed by atoms with Crippen molar-refractivity contribution in [3.8, 4) is 0 Å². The van der Waals surface area contributed by atoms with Gasteiger partial charge in [0.05, 0.1) is 19.0 Å². The van der Waals surface area contributed by atoms with E-state index in [2.05, 4.69) is 32.0 Å². The van der Waals surface area contributed by atoms with Crippen molar-refractivity contribution in [1.82, 2.24) is 25.1 Å². The second kappa shape index (κ2) is 13.8. The van der Waals surface area contributed by atoms with Gasteiger partial charge in [-0.3, -0.25) is 14.5 Å². The Morgan fingerprint density at radius 3 is 2.67 bits per heavy atom. The number of rotatable bonds is 9. The third-order valence-electron chi connectivity index (χ3n) is 7.26. The summed E-state index contributed by atoms with van der Waals surface area (Å²) in [6.07, 6.45) is 6.54. The Labute approximate surface area is 223 Å². The molecule has 11 heteroatoms. The number of nitrogens with one attached hydrogen (secondary N) is 1. The third-order valence-corrected chi connectivity index (χ3v) is 8.30. The minimum Gasteiger partial charge on any atom is -0.379 e. The number of hydrogen-bond acceptors (Lipinski definition) is 8. The highest BCUT2D eigenvalue weighted by molar-refractivity contribution is 7.99. The molecule has 200 valence electrons. The smallest absolute Gasteiger partial charge is 0.230 e. The summed E-state index contributed by atoms with van der Waals surface area (Å²) in [6.45, 7) is 9.34. The normalized spacial score (nSPS) is 22.0. The van der Waals surface area contributed by atoms with Crippen LogP contribution in [0, 0.1) is 5.92 Å². The van der Waals surface area contributed by atoms with E-state index < -0.39 is 0 Å². The molecule has 0 radical (unpaired) electrons. The van der Waals surface area contributed by atoms with Crippen molar-refractivity contribution in [2.45, 2.75) is 56.6 Å². The molecule has 1 aliphatic carbocycles. The molecule has 1 aromatic rings. The topological polar surface area (TPSA) is 90.9 Å². The number of carbonyl (C=O) groups is 2. The molecule has 3 aliphatic rings. The molecule has 1 unspecified atom stereocenters. The molecular formula is C25H39ClN6O3S. The number of hydrogen-bond donors (Lipinski definition) is 1. The predicted molar refractivity (Wildman–Crippen MR) is 143 cm³/mol. The van der Waals surface area contributed by atoms with Crippen molar-refractivity contribution in [1.29, 1.82) is 0 Å². The predicted octanol–water partition coefficient (Wildman–Crippen LogP) is 2.68. The molecule has 9 nitrogen and oxygen atoms in total. The van der Waals surface area contributed by atoms with Crippen molar-refractivity contribution < 1.29 is 14.3 Å². The second-order valence-corrected chi connectivity index (χ2v) is 11.3. The molecular weight excluding hydrogens is 500 g/mol. The van der Waals surface area contributed by atoms with E-state index in [4.69, 9.17) is 16.3 Å². The largest absolute Gasteiger partial charge is 0.379 e. The monoisotopic (exact) mass is 538 g/mol. The van der Waals surface area contributed by atoms with Crippen LogP contribution in [0.2, 0.25) is 5.15 Å². The number of halogens is 1. The van der Waals surface area contributed by atoms with Crippen molar-refractivity contribution in [2.75, 3.05) is 69.7 Å². The molecule has 2 aliphatic heterocycles. The number of aromatic nitrogens is 2. The van der Waals surface area contributed by atoms with E-state index in [1.54, 1.807) is 6.07 Å². The molecule has 1 N–H and O–H groups in total. The Balaban J connectivity index is 1.22. The van der Waals surface area contributed by atoms with E-state index in [9.17, 15) is 9.59 Å². The first-order chi connectivity index (χ1) is 17.5. The molecule has 2 saturated heterocycles. The van der Waals surface area contributed by atoms with Crippen LogP contribution in [-0.4, -0.2) is 102 Å². The van der Waals surface area contributed by atoms with Crippen molar-refractivity contribution >= 4 is 41.0 Å². The Morgan fingerprint density at radius 1 is 1.14 bits per heavy atom. The van der Waals surface area contributed by atoms with E-state index in [1.165, 1.54) is 18.2 Å². The van der Waals surface area contributed by atoms with Gasteiger partial charge in [-0.25, -0.2) is 9.97 Å². The zero-order valence-corrected chi connectivity index (χ0v) is 22.9. The van der Waals surface area contributed by atoms with Crippen LogP contribution in [0.5, 0.6) is 0 Å². The summed E-state index contributed by atoms with van der Waals surface area (Å²) in [7, 11) is 0. The van der Waals surface area contributed by atoms with Gasteiger partial charge in [0.15, 0.2) is 5.16 Å². The van der Waals surface area contributed by atoms with Gasteiger partial charge in [-0.1, -0.05) is 42.6 Å². The molecule has 3 fully saturated rings. The van der Waals surface area contributed by atoms with Crippen molar-refractivity contribution in [3.63, 3.8) is 0 Å². The number of nitrogens with zero attached hydrogens (tertiary/aromatic N) is 5. The average Bonchev–Trinajstić information content (AvgIpc) is 2.90. The molecule has 0 aromatic carbocycles. The van der Waals surface area contributed by atoms with Gasteiger partial charge in [-0.2, -0.15) is 0 Å². The fourth-order valence-corrected chi connectivity index (χ4v) is 6.14. The van der Waals surface area contributed by atoms with E-state index in [1.807, 2.05) is 4.90 Å². The van der Waals surface area contributed by atoms with Crippen LogP contribution in [0.3, 0.4) is 0 Å². The van der Waals surface area contributed by atoms with Crippen molar-refractivity contribution in [2.24, 2.45) is 5.92 Å². The van der Waals surface area contributed by atoms with E-state index in [-0.39, 0.29) is 23.6 Å². The summed E-state index contributed by atoms with van der Waals surface area (Å²) in [5.41, 5.74) is 0. The van der Waals surface area contributed by atoms with Crippen molar-refractivity contribution in [3.05, 3.63) is 11.2 Å². The van der Waals surface area contributed by atoms with Crippen LogP contribution in [0.1, 0.15) is 45.4 Å². The van der Waals surface area contributed by atoms with Gasteiger partial charge in [0.2, 0.25) is 11.8 Å². The fourth-order valence-electron chi connectivity index (χ4n) is 5.23. The second-order valence-electron chi connectivity index (χ2n) is 9.94. The number of anilines is 1. The highest BCUT2D eigenvalue weighted by atomic mass is 35.5. The van der Waals surface area contributed by atoms with E-state index in [0.29, 0.717) is 42.4 Å². The maximum Gasteiger partial charge on any atom is 0.230 e. The maximum absolute atomic E-state index is 13.1. The molecule has 0 bridgehead atoms. The minimum atomic E-state index is -0.0319. The van der Waals surface area contributed by atoms with Crippen LogP contribution in [0.25, 0.3) is 0 Å². The summed E-state index contributed by atoms with van der Waals surface area (Å²) in [4.78, 5) is 40.9. The van der Waals surface area contributed by atoms with Gasteiger partial charge in [-0.05, 0) is 32.7 Å². The lowest BCUT2D eigenvalue weighted by Gasteiger charge is -2.42. The van der Waals surface area contributed by atoms with Gasteiger partial charge in [0.25, 0.3) is 0 Å².